The number of quaternary nitrogens is 1. The van der Waals surface area contributed by atoms with Gasteiger partial charge in [-0.05, 0) is 44.9 Å². The Morgan fingerprint density at radius 2 is 0.982 bits per heavy atom. The fraction of sp³-hybridized carbons (Fsp3) is 0.894. The first-order valence-electron chi connectivity index (χ1n) is 23.7. The van der Waals surface area contributed by atoms with E-state index in [4.69, 9.17) is 9.05 Å². The Hall–Kier alpha value is -1.02. The fourth-order valence-corrected chi connectivity index (χ4v) is 7.58. The quantitative estimate of drug-likeness (QED) is 0.0275. The maximum absolute atomic E-state index is 12.8. The lowest BCUT2D eigenvalue weighted by Crippen LogP contribution is -2.45. The van der Waals surface area contributed by atoms with E-state index in [-0.39, 0.29) is 19.1 Å². The summed E-state index contributed by atoms with van der Waals surface area (Å²) in [4.78, 5) is 25.3. The van der Waals surface area contributed by atoms with Crippen molar-refractivity contribution in [1.82, 2.24) is 5.32 Å². The number of unbranched alkanes of at least 4 members (excludes halogenated alkanes) is 28. The summed E-state index contributed by atoms with van der Waals surface area (Å²) in [5.41, 5.74) is 0. The molecule has 8 nitrogen and oxygen atoms in total. The van der Waals surface area contributed by atoms with Crippen LogP contribution in [0, 0.1) is 0 Å². The van der Waals surface area contributed by atoms with E-state index in [2.05, 4.69) is 31.3 Å². The molecule has 0 rings (SSSR count). The van der Waals surface area contributed by atoms with E-state index < -0.39 is 20.0 Å². The highest BCUT2D eigenvalue weighted by atomic mass is 31.2. The average Bonchev–Trinajstić information content (AvgIpc) is 3.15. The zero-order valence-corrected chi connectivity index (χ0v) is 38.5. The second-order valence-corrected chi connectivity index (χ2v) is 18.9. The third-order valence-electron chi connectivity index (χ3n) is 10.7. The number of amides is 1. The highest BCUT2D eigenvalue weighted by Crippen LogP contribution is 2.38. The van der Waals surface area contributed by atoms with Crippen molar-refractivity contribution >= 4 is 13.7 Å². The minimum atomic E-state index is -4.59. The molecule has 0 bridgehead atoms. The lowest BCUT2D eigenvalue weighted by Gasteiger charge is -2.29. The van der Waals surface area contributed by atoms with Crippen LogP contribution >= 0.6 is 7.82 Å². The second kappa shape index (κ2) is 39.4. The zero-order chi connectivity index (χ0) is 41.4. The van der Waals surface area contributed by atoms with Gasteiger partial charge in [0.05, 0.1) is 39.9 Å². The molecule has 9 heteroatoms. The molecule has 0 aromatic rings. The van der Waals surface area contributed by atoms with Gasteiger partial charge in [-0.3, -0.25) is 9.36 Å². The molecule has 0 saturated heterocycles. The first-order valence-corrected chi connectivity index (χ1v) is 25.2. The molecule has 2 N–H and O–H groups in total. The van der Waals surface area contributed by atoms with Crippen molar-refractivity contribution in [2.75, 3.05) is 40.9 Å². The molecular formula is C47H93N2O6P. The Bertz CT molecular complexity index is 969. The van der Waals surface area contributed by atoms with Crippen LogP contribution in [0.3, 0.4) is 0 Å². The van der Waals surface area contributed by atoms with Crippen LogP contribution in [-0.4, -0.2) is 68.5 Å². The van der Waals surface area contributed by atoms with Crippen molar-refractivity contribution in [3.63, 3.8) is 0 Å². The molecule has 0 spiro atoms. The molecule has 0 heterocycles. The third-order valence-corrected chi connectivity index (χ3v) is 11.6. The molecule has 0 fully saturated rings. The molecular weight excluding hydrogens is 719 g/mol. The van der Waals surface area contributed by atoms with Crippen LogP contribution in [0.4, 0.5) is 0 Å². The van der Waals surface area contributed by atoms with Crippen molar-refractivity contribution in [2.24, 2.45) is 0 Å². The number of likely N-dealkylation sites (N-methyl/N-ethyl adjacent to an activating group) is 1. The van der Waals surface area contributed by atoms with Gasteiger partial charge in [-0.25, -0.2) is 0 Å². The van der Waals surface area contributed by atoms with Crippen molar-refractivity contribution < 1.29 is 32.9 Å². The van der Waals surface area contributed by atoms with Crippen molar-refractivity contribution in [2.45, 2.75) is 231 Å². The Kier molecular flexibility index (Phi) is 38.7. The van der Waals surface area contributed by atoms with E-state index in [0.29, 0.717) is 17.4 Å². The molecule has 0 radical (unpaired) electrons. The number of aliphatic hydroxyl groups is 1. The number of hydrogen-bond donors (Lipinski definition) is 2. The Morgan fingerprint density at radius 1 is 0.607 bits per heavy atom. The largest absolute Gasteiger partial charge is 0.756 e. The van der Waals surface area contributed by atoms with Crippen molar-refractivity contribution in [3.8, 4) is 0 Å². The number of rotatable bonds is 43. The predicted molar refractivity (Wildman–Crippen MR) is 238 cm³/mol. The summed E-state index contributed by atoms with van der Waals surface area (Å²) >= 11 is 0. The highest BCUT2D eigenvalue weighted by molar-refractivity contribution is 7.45. The van der Waals surface area contributed by atoms with Gasteiger partial charge in [0.1, 0.15) is 13.2 Å². The number of nitrogens with one attached hydrogen (secondary N) is 1. The fourth-order valence-electron chi connectivity index (χ4n) is 6.85. The molecule has 0 aromatic heterocycles. The number of carbonyl (C=O) groups excluding carboxylic acids is 1. The van der Waals surface area contributed by atoms with Gasteiger partial charge in [-0.1, -0.05) is 192 Å². The third kappa shape index (κ3) is 41.2. The van der Waals surface area contributed by atoms with E-state index in [1.807, 2.05) is 27.2 Å². The summed E-state index contributed by atoms with van der Waals surface area (Å²) in [7, 11) is 1.26. The lowest BCUT2D eigenvalue weighted by atomic mass is 10.0. The monoisotopic (exact) mass is 813 g/mol. The van der Waals surface area contributed by atoms with Crippen LogP contribution in [0.5, 0.6) is 0 Å². The topological polar surface area (TPSA) is 108 Å². The van der Waals surface area contributed by atoms with Crippen molar-refractivity contribution in [3.05, 3.63) is 24.3 Å². The van der Waals surface area contributed by atoms with Gasteiger partial charge < -0.3 is 28.8 Å². The standard InChI is InChI=1S/C47H93N2O6P/c1-6-8-10-12-14-16-18-20-21-22-23-24-25-26-27-28-29-30-32-34-36-38-40-46(50)45(44-55-56(52,53)54-43-42-49(3,4)5)48-47(51)41-39-37-35-33-31-19-17-15-13-11-9-7-2/h15,17,38,40,45-46,50H,6-14,16,18-37,39,41-44H2,1-5H3,(H-,48,51,52,53)/b17-15-,40-38+. The maximum Gasteiger partial charge on any atom is 0.268 e. The summed E-state index contributed by atoms with van der Waals surface area (Å²) in [6.45, 7) is 4.62. The number of phosphoric ester groups is 1. The first-order chi connectivity index (χ1) is 27.0. The smallest absolute Gasteiger partial charge is 0.268 e. The van der Waals surface area contributed by atoms with Crippen LogP contribution in [0.1, 0.15) is 219 Å². The SMILES string of the molecule is CCCCC/C=C\CCCCCCCC(=O)NC(COP(=O)([O-])OCC[N+](C)(C)C)C(O)/C=C/CCCCCCCCCCCCCCCCCCCCCC. The summed E-state index contributed by atoms with van der Waals surface area (Å²) < 4.78 is 23.2. The van der Waals surface area contributed by atoms with Gasteiger partial charge in [0.15, 0.2) is 0 Å². The minimum Gasteiger partial charge on any atom is -0.756 e. The average molecular weight is 813 g/mol. The van der Waals surface area contributed by atoms with Gasteiger partial charge in [0.25, 0.3) is 7.82 Å². The Balaban J connectivity index is 4.30. The van der Waals surface area contributed by atoms with E-state index >= 15 is 0 Å². The van der Waals surface area contributed by atoms with Gasteiger partial charge in [-0.2, -0.15) is 0 Å². The summed E-state index contributed by atoms with van der Waals surface area (Å²) in [6, 6.07) is -0.887. The Labute approximate surface area is 347 Å². The summed E-state index contributed by atoms with van der Waals surface area (Å²) in [5, 5.41) is 13.8. The van der Waals surface area contributed by atoms with E-state index in [0.717, 1.165) is 51.4 Å². The number of allylic oxidation sites excluding steroid dienone is 3. The lowest BCUT2D eigenvalue weighted by molar-refractivity contribution is -0.870. The number of aliphatic hydroxyl groups excluding tert-OH is 1. The number of carbonyl (C=O) groups is 1. The molecule has 332 valence electrons. The zero-order valence-electron chi connectivity index (χ0n) is 37.6. The molecule has 56 heavy (non-hydrogen) atoms. The van der Waals surface area contributed by atoms with Crippen molar-refractivity contribution in [1.29, 1.82) is 0 Å². The molecule has 0 aliphatic rings. The Morgan fingerprint density at radius 3 is 1.43 bits per heavy atom. The van der Waals surface area contributed by atoms with Gasteiger partial charge in [-0.15, -0.1) is 0 Å². The van der Waals surface area contributed by atoms with Gasteiger partial charge >= 0.3 is 0 Å². The molecule has 0 saturated carbocycles. The minimum absolute atomic E-state index is 0.00151. The molecule has 0 aliphatic carbocycles. The maximum atomic E-state index is 12.8. The number of nitrogens with zero attached hydrogens (tertiary/aromatic N) is 1. The van der Waals surface area contributed by atoms with E-state index in [1.165, 1.54) is 148 Å². The molecule has 1 amide bonds. The van der Waals surface area contributed by atoms with Crippen LogP contribution in [-0.2, 0) is 18.4 Å². The number of phosphoric acid groups is 1. The number of hydrogen-bond acceptors (Lipinski definition) is 6. The molecule has 0 aliphatic heterocycles. The normalized spacial score (nSPS) is 14.5. The van der Waals surface area contributed by atoms with E-state index in [1.54, 1.807) is 6.08 Å². The first kappa shape index (κ1) is 55.0. The molecule has 3 unspecified atom stereocenters. The van der Waals surface area contributed by atoms with Gasteiger partial charge in [0, 0.05) is 6.42 Å². The van der Waals surface area contributed by atoms with Crippen LogP contribution in [0.25, 0.3) is 0 Å². The van der Waals surface area contributed by atoms with Gasteiger partial charge in [0.2, 0.25) is 5.91 Å². The van der Waals surface area contributed by atoms with Crippen LogP contribution in [0.2, 0.25) is 0 Å². The molecule has 3 atom stereocenters. The summed E-state index contributed by atoms with van der Waals surface area (Å²) in [6.07, 6.45) is 46.6. The predicted octanol–water partition coefficient (Wildman–Crippen LogP) is 12.7. The molecule has 0 aromatic carbocycles. The van der Waals surface area contributed by atoms with Crippen LogP contribution in [0.15, 0.2) is 24.3 Å². The second-order valence-electron chi connectivity index (χ2n) is 17.5. The highest BCUT2D eigenvalue weighted by Gasteiger charge is 2.23. The summed E-state index contributed by atoms with van der Waals surface area (Å²) in [5.74, 6) is -0.207. The van der Waals surface area contributed by atoms with E-state index in [9.17, 15) is 19.4 Å². The van der Waals surface area contributed by atoms with Crippen LogP contribution < -0.4 is 10.2 Å².